The van der Waals surface area contributed by atoms with Crippen LogP contribution in [0.25, 0.3) is 21.8 Å². The van der Waals surface area contributed by atoms with Gasteiger partial charge in [0, 0.05) is 83.4 Å². The van der Waals surface area contributed by atoms with Crippen LogP contribution in [0.4, 0.5) is 26.3 Å². The Morgan fingerprint density at radius 2 is 0.838 bits per heavy atom. The van der Waals surface area contributed by atoms with Gasteiger partial charge in [-0.1, -0.05) is 72.8 Å². The van der Waals surface area contributed by atoms with Gasteiger partial charge in [-0.2, -0.15) is 26.3 Å². The van der Waals surface area contributed by atoms with Crippen LogP contribution in [0.5, 0.6) is 0 Å². The van der Waals surface area contributed by atoms with E-state index in [1.807, 2.05) is 191 Å². The van der Waals surface area contributed by atoms with Crippen molar-refractivity contribution in [2.45, 2.75) is 38.5 Å². The number of carboxylic acids is 2. The van der Waals surface area contributed by atoms with Gasteiger partial charge in [0.25, 0.3) is 11.8 Å². The summed E-state index contributed by atoms with van der Waals surface area (Å²) < 4.78 is 71.0. The first-order valence-electron chi connectivity index (χ1n) is 22.0. The molecule has 0 atom stereocenters. The first-order valence-corrected chi connectivity index (χ1v) is 22.0. The van der Waals surface area contributed by atoms with Gasteiger partial charge in [-0.25, -0.2) is 9.13 Å². The summed E-state index contributed by atoms with van der Waals surface area (Å²) in [7, 11) is 3.92. The fourth-order valence-electron chi connectivity index (χ4n) is 7.02. The number of nitrogens with one attached hydrogen (secondary N) is 4. The van der Waals surface area contributed by atoms with Crippen LogP contribution >= 0.6 is 0 Å². The third-order valence-corrected chi connectivity index (χ3v) is 10.7. The average molecular weight is 1020 g/mol. The van der Waals surface area contributed by atoms with Crippen LogP contribution < -0.4 is 41.4 Å². The number of nitrogens with zero attached hydrogens (tertiary/aromatic N) is 4. The van der Waals surface area contributed by atoms with Crippen molar-refractivity contribution in [3.8, 4) is 0 Å². The minimum Gasteiger partial charge on any atom is -0.542 e. The maximum absolute atomic E-state index is 13.0. The quantitative estimate of drug-likeness (QED) is 0.0450. The highest BCUT2D eigenvalue weighted by atomic mass is 19.4. The maximum atomic E-state index is 13.0. The molecule has 8 aromatic rings. The van der Waals surface area contributed by atoms with Gasteiger partial charge in [0.2, 0.25) is 0 Å². The van der Waals surface area contributed by atoms with Gasteiger partial charge in [-0.15, -0.1) is 0 Å². The summed E-state index contributed by atoms with van der Waals surface area (Å²) in [4.78, 5) is 43.7. The number of para-hydroxylation sites is 2. The van der Waals surface area contributed by atoms with Crippen LogP contribution in [0.15, 0.2) is 158 Å². The number of hydrogen-bond donors (Lipinski definition) is 6. The summed E-state index contributed by atoms with van der Waals surface area (Å²) in [5, 5.41) is 41.0. The van der Waals surface area contributed by atoms with Gasteiger partial charge in [0.15, 0.2) is 24.8 Å². The minimum atomic E-state index is -5.19. The van der Waals surface area contributed by atoms with E-state index in [4.69, 9.17) is 42.1 Å². The third-order valence-electron chi connectivity index (χ3n) is 10.7. The maximum Gasteiger partial charge on any atom is 0.430 e. The smallest absolute Gasteiger partial charge is 0.430 e. The van der Waals surface area contributed by atoms with Crippen molar-refractivity contribution in [1.82, 2.24) is 19.8 Å². The summed E-state index contributed by atoms with van der Waals surface area (Å²) in [5.41, 5.74) is 19.8. The van der Waals surface area contributed by atoms with Gasteiger partial charge >= 0.3 is 12.4 Å². The molecule has 4 aromatic heterocycles. The highest BCUT2D eigenvalue weighted by molar-refractivity contribution is 6.00. The second kappa shape index (κ2) is 24.7. The summed E-state index contributed by atoms with van der Waals surface area (Å²) in [6.45, 7) is 1.94. The van der Waals surface area contributed by atoms with Gasteiger partial charge in [0.05, 0.1) is 0 Å². The molecule has 0 spiro atoms. The summed E-state index contributed by atoms with van der Waals surface area (Å²) in [6, 6.07) is 42.8. The number of rotatable bonds is 12. The molecule has 384 valence electrons. The number of aromatic nitrogens is 4. The molecule has 8 rings (SSSR count). The normalized spacial score (nSPS) is 10.9. The number of benzene rings is 4. The predicted molar refractivity (Wildman–Crippen MR) is 257 cm³/mol. The Balaban J connectivity index is 0.000000218. The van der Waals surface area contributed by atoms with E-state index in [1.54, 1.807) is 0 Å². The molecular formula is C52H48F6N10O6. The van der Waals surface area contributed by atoms with Crippen LogP contribution in [0.2, 0.25) is 0 Å². The molecule has 16 nitrogen and oxygen atoms in total. The molecule has 0 aliphatic heterocycles. The van der Waals surface area contributed by atoms with Crippen molar-refractivity contribution in [3.05, 3.63) is 203 Å². The number of nitrogen functional groups attached to an aromatic ring is 2. The molecule has 22 heteroatoms. The van der Waals surface area contributed by atoms with Crippen molar-refractivity contribution in [3.63, 3.8) is 0 Å². The standard InChI is InChI=1S/2C24H23N5O.2C2HF3O2/c2*1-28-11-9-17(10-12-28)15-27-24(30)22-14-19-6-2-3-8-21(19)29(22)16-18-5-4-7-20(13-18)23(25)26;2*3-2(4,5)1(6)7/h2*2-14H,15-16H2,1H3,(H3-,25,26,27,30);2*(H,6,7). The highest BCUT2D eigenvalue weighted by Crippen LogP contribution is 2.24. The lowest BCUT2D eigenvalue weighted by molar-refractivity contribution is -0.671. The molecule has 0 aliphatic rings. The molecule has 8 N–H and O–H groups in total. The highest BCUT2D eigenvalue weighted by Gasteiger charge is 2.29. The SMILES string of the molecule is C[n+]1ccc(CNC(=O)c2cc3ccccc3n2Cc2cccc(C(=N)N)c2)cc1.C[n+]1ccc(CNC(=O)c2cc3ccccc3n2Cc2cccc(C(=N)N)c2)cc1.O=C([O-])C(F)(F)F.O=C([O-])C(F)(F)F. The molecule has 4 aromatic carbocycles. The fourth-order valence-corrected chi connectivity index (χ4v) is 7.02. The van der Waals surface area contributed by atoms with E-state index in [2.05, 4.69) is 10.6 Å². The number of aryl methyl sites for hydroxylation is 2. The number of nitrogens with two attached hydrogens (primary N) is 2. The van der Waals surface area contributed by atoms with Crippen molar-refractivity contribution in [2.75, 3.05) is 0 Å². The lowest BCUT2D eigenvalue weighted by Gasteiger charge is -2.12. The van der Waals surface area contributed by atoms with E-state index < -0.39 is 24.3 Å². The lowest BCUT2D eigenvalue weighted by Crippen LogP contribution is -2.37. The number of carboxylic acid groups (broad SMARTS) is 2. The first kappa shape index (κ1) is 55.6. The topological polar surface area (TPSA) is 256 Å². The number of halogens is 6. The van der Waals surface area contributed by atoms with Crippen LogP contribution in [0.1, 0.15) is 54.4 Å². The zero-order chi connectivity index (χ0) is 54.3. The van der Waals surface area contributed by atoms with Crippen molar-refractivity contribution < 1.29 is 64.9 Å². The molecule has 0 aliphatic carbocycles. The predicted octanol–water partition coefficient (Wildman–Crippen LogP) is 4.05. The number of aliphatic carboxylic acids is 2. The monoisotopic (exact) mass is 1020 g/mol. The van der Waals surface area contributed by atoms with E-state index >= 15 is 0 Å². The van der Waals surface area contributed by atoms with Crippen LogP contribution in [0, 0.1) is 10.8 Å². The molecule has 0 fully saturated rings. The molecule has 74 heavy (non-hydrogen) atoms. The fraction of sp³-hybridized carbons (Fsp3) is 0.154. The Hall–Kier alpha value is -9.34. The number of fused-ring (bicyclic) bond motifs is 2. The number of amides is 2. The Kier molecular flexibility index (Phi) is 18.5. The molecule has 0 bridgehead atoms. The number of carbonyl (C=O) groups excluding carboxylic acids is 4. The molecule has 0 saturated heterocycles. The number of pyridine rings is 2. The Morgan fingerprint density at radius 1 is 0.514 bits per heavy atom. The molecule has 2 amide bonds. The minimum absolute atomic E-state index is 0.0310. The number of amidine groups is 2. The molecule has 0 saturated carbocycles. The van der Waals surface area contributed by atoms with Crippen LogP contribution in [-0.4, -0.2) is 56.9 Å². The van der Waals surface area contributed by atoms with E-state index in [9.17, 15) is 35.9 Å². The third kappa shape index (κ3) is 15.8. The first-order chi connectivity index (χ1) is 34.9. The zero-order valence-electron chi connectivity index (χ0n) is 39.5. The van der Waals surface area contributed by atoms with Crippen molar-refractivity contribution in [1.29, 1.82) is 10.8 Å². The number of hydrogen-bond acceptors (Lipinski definition) is 8. The molecule has 0 unspecified atom stereocenters. The molecule has 0 radical (unpaired) electrons. The summed E-state index contributed by atoms with van der Waals surface area (Å²) in [5.74, 6) is -6.20. The Labute approximate surface area is 418 Å². The van der Waals surface area contributed by atoms with E-state index in [1.165, 1.54) is 0 Å². The van der Waals surface area contributed by atoms with Gasteiger partial charge in [-0.05, 0) is 58.7 Å². The Morgan fingerprint density at radius 3 is 1.15 bits per heavy atom. The second-order valence-corrected chi connectivity index (χ2v) is 16.3. The largest absolute Gasteiger partial charge is 0.542 e. The van der Waals surface area contributed by atoms with Crippen molar-refractivity contribution in [2.24, 2.45) is 25.6 Å². The molecular weight excluding hydrogens is 975 g/mol. The number of carbonyl (C=O) groups is 4. The Bertz CT molecular complexity index is 3080. The van der Waals surface area contributed by atoms with Crippen molar-refractivity contribution >= 4 is 57.2 Å². The average Bonchev–Trinajstić information content (AvgIpc) is 3.91. The number of alkyl halides is 6. The van der Waals surface area contributed by atoms with Crippen LogP contribution in [-0.2, 0) is 49.9 Å². The van der Waals surface area contributed by atoms with E-state index in [-0.39, 0.29) is 23.5 Å². The van der Waals surface area contributed by atoms with Gasteiger partial charge in [-0.3, -0.25) is 20.4 Å². The van der Waals surface area contributed by atoms with E-state index in [0.717, 1.165) is 44.1 Å². The van der Waals surface area contributed by atoms with Gasteiger partial charge in [0.1, 0.15) is 49.1 Å². The lowest BCUT2D eigenvalue weighted by atomic mass is 10.1. The summed E-state index contributed by atoms with van der Waals surface area (Å²) >= 11 is 0. The van der Waals surface area contributed by atoms with Gasteiger partial charge < -0.3 is 51.0 Å². The zero-order valence-corrected chi connectivity index (χ0v) is 39.5. The van der Waals surface area contributed by atoms with Crippen LogP contribution in [0.3, 0.4) is 0 Å². The van der Waals surface area contributed by atoms with E-state index in [0.29, 0.717) is 48.7 Å². The molecule has 4 heterocycles. The summed E-state index contributed by atoms with van der Waals surface area (Å²) in [6.07, 6.45) is -2.55. The second-order valence-electron chi connectivity index (χ2n) is 16.3.